The Hall–Kier alpha value is -2.73. The number of amides is 1. The number of phenolic OH excluding ortho intramolecular Hbond substituents is 1. The van der Waals surface area contributed by atoms with Crippen molar-refractivity contribution < 1.29 is 9.90 Å². The van der Waals surface area contributed by atoms with E-state index in [1.54, 1.807) is 44.2 Å². The van der Waals surface area contributed by atoms with Gasteiger partial charge in [-0.05, 0) is 32.1 Å². The van der Waals surface area contributed by atoms with E-state index in [2.05, 4.69) is 15.0 Å². The number of aromatic hydroxyl groups is 1. The summed E-state index contributed by atoms with van der Waals surface area (Å²) in [7, 11) is 0. The van der Waals surface area contributed by atoms with Gasteiger partial charge in [-0.3, -0.25) is 4.79 Å². The molecule has 116 valence electrons. The highest BCUT2D eigenvalue weighted by Gasteiger charge is 2.31. The Bertz CT molecular complexity index is 841. The summed E-state index contributed by atoms with van der Waals surface area (Å²) >= 11 is 5.93. The first-order chi connectivity index (χ1) is 11.0. The molecule has 0 saturated carbocycles. The Morgan fingerprint density at radius 1 is 1.22 bits per heavy atom. The largest absolute Gasteiger partial charge is 0.507 e. The van der Waals surface area contributed by atoms with Gasteiger partial charge in [0.25, 0.3) is 5.91 Å². The number of amidine groups is 1. The lowest BCUT2D eigenvalue weighted by Gasteiger charge is -2.14. The highest BCUT2D eigenvalue weighted by molar-refractivity contribution is 6.30. The first-order valence-electron chi connectivity index (χ1n) is 6.86. The van der Waals surface area contributed by atoms with Gasteiger partial charge in [-0.1, -0.05) is 29.8 Å². The first-order valence-corrected chi connectivity index (χ1v) is 7.24. The molecule has 1 aromatic carbocycles. The molecule has 0 saturated heterocycles. The van der Waals surface area contributed by atoms with Gasteiger partial charge in [-0.2, -0.15) is 0 Å². The van der Waals surface area contributed by atoms with Crippen LogP contribution >= 0.6 is 11.6 Å². The Labute approximate surface area is 137 Å². The van der Waals surface area contributed by atoms with E-state index in [9.17, 15) is 9.90 Å². The molecule has 1 amide bonds. The summed E-state index contributed by atoms with van der Waals surface area (Å²) in [5.41, 5.74) is 1.36. The minimum atomic E-state index is -0.368. The molecular weight excluding hydrogens is 316 g/mol. The monoisotopic (exact) mass is 328 g/mol. The van der Waals surface area contributed by atoms with Crippen molar-refractivity contribution >= 4 is 35.4 Å². The maximum absolute atomic E-state index is 12.6. The lowest BCUT2D eigenvalue weighted by atomic mass is 10.1. The van der Waals surface area contributed by atoms with Crippen LogP contribution in [-0.4, -0.2) is 26.8 Å². The van der Waals surface area contributed by atoms with Gasteiger partial charge >= 0.3 is 0 Å². The standard InChI is InChI=1S/C16H13ClN4O2/c1-9-7-14(17)20-16(18-9)21-10(2)19-12(15(21)23)8-11-5-3-4-6-13(11)22/h3-8,22H,1-2H3/b12-8+. The number of halogens is 1. The van der Waals surface area contributed by atoms with Crippen LogP contribution in [0.25, 0.3) is 6.08 Å². The molecule has 1 aliphatic rings. The summed E-state index contributed by atoms with van der Waals surface area (Å²) < 4.78 is 0. The molecule has 0 bridgehead atoms. The number of phenols is 1. The van der Waals surface area contributed by atoms with Gasteiger partial charge in [-0.15, -0.1) is 0 Å². The Morgan fingerprint density at radius 2 is 1.96 bits per heavy atom. The van der Waals surface area contributed by atoms with E-state index in [1.807, 2.05) is 0 Å². The minimum Gasteiger partial charge on any atom is -0.507 e. The van der Waals surface area contributed by atoms with Crippen molar-refractivity contribution in [3.8, 4) is 5.75 Å². The summed E-state index contributed by atoms with van der Waals surface area (Å²) in [5, 5.41) is 10.1. The first kappa shape index (κ1) is 15.2. The second kappa shape index (κ2) is 5.81. The number of anilines is 1. The normalized spacial score (nSPS) is 16.1. The van der Waals surface area contributed by atoms with Gasteiger partial charge in [0, 0.05) is 11.3 Å². The molecule has 0 unspecified atom stereocenters. The summed E-state index contributed by atoms with van der Waals surface area (Å²) in [4.78, 5) is 26.4. The number of benzene rings is 1. The maximum Gasteiger partial charge on any atom is 0.284 e. The maximum atomic E-state index is 12.6. The van der Waals surface area contributed by atoms with Crippen molar-refractivity contribution in [1.29, 1.82) is 0 Å². The summed E-state index contributed by atoms with van der Waals surface area (Å²) in [6, 6.07) is 8.32. The van der Waals surface area contributed by atoms with Gasteiger partial charge in [0.2, 0.25) is 5.95 Å². The van der Waals surface area contributed by atoms with Gasteiger partial charge in [-0.25, -0.2) is 19.9 Å². The van der Waals surface area contributed by atoms with Crippen molar-refractivity contribution in [2.45, 2.75) is 13.8 Å². The SMILES string of the molecule is CC1=N/C(=C/c2ccccc2O)C(=O)N1c1nc(C)cc(Cl)n1. The second-order valence-electron chi connectivity index (χ2n) is 5.02. The fourth-order valence-electron chi connectivity index (χ4n) is 2.24. The average molecular weight is 329 g/mol. The molecule has 1 aromatic heterocycles. The molecular formula is C16H13ClN4O2. The van der Waals surface area contributed by atoms with Crippen molar-refractivity contribution in [2.75, 3.05) is 4.90 Å². The van der Waals surface area contributed by atoms with E-state index < -0.39 is 0 Å². The zero-order valence-corrected chi connectivity index (χ0v) is 13.2. The van der Waals surface area contributed by atoms with Gasteiger partial charge in [0.1, 0.15) is 22.4 Å². The van der Waals surface area contributed by atoms with Crippen molar-refractivity contribution in [3.63, 3.8) is 0 Å². The van der Waals surface area contributed by atoms with Crippen molar-refractivity contribution in [2.24, 2.45) is 4.99 Å². The van der Waals surface area contributed by atoms with E-state index in [0.29, 0.717) is 17.1 Å². The quantitative estimate of drug-likeness (QED) is 0.679. The van der Waals surface area contributed by atoms with Crippen molar-refractivity contribution in [1.82, 2.24) is 9.97 Å². The number of hydrogen-bond acceptors (Lipinski definition) is 5. The summed E-state index contributed by atoms with van der Waals surface area (Å²) in [5.74, 6) is 0.335. The van der Waals surface area contributed by atoms with Crippen LogP contribution in [0.5, 0.6) is 5.75 Å². The van der Waals surface area contributed by atoms with Crippen LogP contribution in [0.1, 0.15) is 18.2 Å². The average Bonchev–Trinajstić information content (AvgIpc) is 2.75. The van der Waals surface area contributed by atoms with Crippen LogP contribution < -0.4 is 4.90 Å². The number of carbonyl (C=O) groups excluding carboxylic acids is 1. The van der Waals surface area contributed by atoms with E-state index in [-0.39, 0.29) is 28.5 Å². The van der Waals surface area contributed by atoms with Crippen molar-refractivity contribution in [3.05, 3.63) is 52.4 Å². The van der Waals surface area contributed by atoms with Gasteiger partial charge in [0.05, 0.1) is 0 Å². The minimum absolute atomic E-state index is 0.0777. The zero-order chi connectivity index (χ0) is 16.6. The summed E-state index contributed by atoms with van der Waals surface area (Å²) in [6.45, 7) is 3.45. The predicted octanol–water partition coefficient (Wildman–Crippen LogP) is 2.95. The third-order valence-corrected chi connectivity index (χ3v) is 3.46. The highest BCUT2D eigenvalue weighted by Crippen LogP contribution is 2.26. The lowest BCUT2D eigenvalue weighted by Crippen LogP contribution is -2.32. The van der Waals surface area contributed by atoms with E-state index in [0.717, 1.165) is 0 Å². The Balaban J connectivity index is 2.00. The number of carbonyl (C=O) groups is 1. The van der Waals surface area contributed by atoms with Gasteiger partial charge < -0.3 is 5.11 Å². The smallest absolute Gasteiger partial charge is 0.284 e. The number of aliphatic imine (C=N–C) groups is 1. The van der Waals surface area contributed by atoms with Crippen LogP contribution in [0.15, 0.2) is 41.0 Å². The number of nitrogens with zero attached hydrogens (tertiary/aromatic N) is 4. The van der Waals surface area contributed by atoms with Crippen LogP contribution in [0.4, 0.5) is 5.95 Å². The summed E-state index contributed by atoms with van der Waals surface area (Å²) in [6.07, 6.45) is 1.53. The van der Waals surface area contributed by atoms with Crippen LogP contribution in [0.3, 0.4) is 0 Å². The van der Waals surface area contributed by atoms with Gasteiger partial charge in [0.15, 0.2) is 0 Å². The van der Waals surface area contributed by atoms with Crippen LogP contribution in [0.2, 0.25) is 5.15 Å². The van der Waals surface area contributed by atoms with Crippen LogP contribution in [0, 0.1) is 6.92 Å². The number of hydrogen-bond donors (Lipinski definition) is 1. The lowest BCUT2D eigenvalue weighted by molar-refractivity contribution is -0.113. The van der Waals surface area contributed by atoms with E-state index in [4.69, 9.17) is 11.6 Å². The predicted molar refractivity (Wildman–Crippen MR) is 88.5 cm³/mol. The molecule has 2 heterocycles. The number of rotatable bonds is 2. The molecule has 0 fully saturated rings. The number of para-hydroxylation sites is 1. The molecule has 23 heavy (non-hydrogen) atoms. The van der Waals surface area contributed by atoms with E-state index in [1.165, 1.54) is 11.0 Å². The topological polar surface area (TPSA) is 78.7 Å². The molecule has 3 rings (SSSR count). The molecule has 0 spiro atoms. The fraction of sp³-hybridized carbons (Fsp3) is 0.125. The Kier molecular flexibility index (Phi) is 3.83. The molecule has 1 aliphatic heterocycles. The molecule has 0 atom stereocenters. The molecule has 0 radical (unpaired) electrons. The zero-order valence-electron chi connectivity index (χ0n) is 12.5. The third kappa shape index (κ3) is 2.93. The molecule has 2 aromatic rings. The number of aryl methyl sites for hydroxylation is 1. The second-order valence-corrected chi connectivity index (χ2v) is 5.41. The fourth-order valence-corrected chi connectivity index (χ4v) is 2.47. The van der Waals surface area contributed by atoms with Crippen LogP contribution in [-0.2, 0) is 4.79 Å². The molecule has 6 nitrogen and oxygen atoms in total. The number of aromatic nitrogens is 2. The molecule has 1 N–H and O–H groups in total. The molecule has 0 aliphatic carbocycles. The van der Waals surface area contributed by atoms with E-state index >= 15 is 0 Å². The highest BCUT2D eigenvalue weighted by atomic mass is 35.5. The third-order valence-electron chi connectivity index (χ3n) is 3.27. The Morgan fingerprint density at radius 3 is 2.65 bits per heavy atom. The molecule has 7 heteroatoms.